The van der Waals surface area contributed by atoms with Crippen LogP contribution in [0.15, 0.2) is 47.4 Å². The third kappa shape index (κ3) is 3.12. The Bertz CT molecular complexity index is 1090. The van der Waals surface area contributed by atoms with Gasteiger partial charge < -0.3 is 0 Å². The van der Waals surface area contributed by atoms with Crippen LogP contribution in [-0.2, 0) is 13.0 Å². The summed E-state index contributed by atoms with van der Waals surface area (Å²) in [6, 6.07) is 10.5. The fraction of sp³-hybridized carbons (Fsp3) is 0.333. The van der Waals surface area contributed by atoms with E-state index in [1.165, 1.54) is 4.90 Å². The van der Waals surface area contributed by atoms with Crippen LogP contribution in [-0.4, -0.2) is 27.5 Å². The van der Waals surface area contributed by atoms with Crippen LogP contribution in [0.25, 0.3) is 10.9 Å². The first-order valence-electron chi connectivity index (χ1n) is 9.08. The molecule has 27 heavy (non-hydrogen) atoms. The highest BCUT2D eigenvalue weighted by atomic mass is 16.2. The Labute approximate surface area is 157 Å². The average Bonchev–Trinajstić information content (AvgIpc) is 2.67. The van der Waals surface area contributed by atoms with Crippen molar-refractivity contribution in [3.63, 3.8) is 0 Å². The number of benzene rings is 1. The van der Waals surface area contributed by atoms with Gasteiger partial charge in [-0.05, 0) is 42.2 Å². The number of nitrogens with zero attached hydrogens (tertiary/aromatic N) is 4. The highest BCUT2D eigenvalue weighted by molar-refractivity contribution is 6.06. The number of aryl methyl sites for hydroxylation is 1. The second kappa shape index (κ2) is 6.30. The van der Waals surface area contributed by atoms with E-state index in [0.29, 0.717) is 28.8 Å². The molecular formula is C21H22N4O2. The van der Waals surface area contributed by atoms with Crippen LogP contribution in [0.4, 0.5) is 5.82 Å². The molecule has 0 N–H and O–H groups in total. The molecule has 138 valence electrons. The fourth-order valence-electron chi connectivity index (χ4n) is 3.56. The highest BCUT2D eigenvalue weighted by Crippen LogP contribution is 2.29. The maximum absolute atomic E-state index is 12.9. The summed E-state index contributed by atoms with van der Waals surface area (Å²) >= 11 is 0. The lowest BCUT2D eigenvalue weighted by atomic mass is 9.85. The summed E-state index contributed by atoms with van der Waals surface area (Å²) < 4.78 is 1.79. The van der Waals surface area contributed by atoms with Crippen LogP contribution in [0.3, 0.4) is 0 Å². The zero-order chi connectivity index (χ0) is 19.2. The predicted octanol–water partition coefficient (Wildman–Crippen LogP) is 3.04. The molecule has 6 nitrogen and oxygen atoms in total. The van der Waals surface area contributed by atoms with Crippen molar-refractivity contribution in [2.45, 2.75) is 33.2 Å². The van der Waals surface area contributed by atoms with Crippen LogP contribution >= 0.6 is 0 Å². The smallest absolute Gasteiger partial charge is 0.261 e. The molecule has 0 fully saturated rings. The summed E-state index contributed by atoms with van der Waals surface area (Å²) in [6.45, 7) is 5.01. The molecule has 4 rings (SSSR count). The SMILES string of the molecule is CN(C(=O)c1ccc2c(=O)n3c(nc2c1)CCC(C)(C)C3)c1ccccn1. The number of amides is 1. The maximum Gasteiger partial charge on any atom is 0.261 e. The van der Waals surface area contributed by atoms with Crippen LogP contribution in [0.1, 0.15) is 36.5 Å². The molecule has 0 saturated heterocycles. The minimum Gasteiger partial charge on any atom is -0.296 e. The maximum atomic E-state index is 12.9. The van der Waals surface area contributed by atoms with Crippen molar-refractivity contribution >= 4 is 22.6 Å². The summed E-state index contributed by atoms with van der Waals surface area (Å²) in [6.07, 6.45) is 3.41. The minimum atomic E-state index is -0.184. The molecule has 0 saturated carbocycles. The second-order valence-electron chi connectivity index (χ2n) is 7.87. The van der Waals surface area contributed by atoms with Gasteiger partial charge in [-0.15, -0.1) is 0 Å². The van der Waals surface area contributed by atoms with Gasteiger partial charge in [0.2, 0.25) is 0 Å². The van der Waals surface area contributed by atoms with Gasteiger partial charge in [-0.25, -0.2) is 9.97 Å². The Morgan fingerprint density at radius 1 is 1.22 bits per heavy atom. The van der Waals surface area contributed by atoms with E-state index in [9.17, 15) is 9.59 Å². The molecule has 2 aromatic heterocycles. The Hall–Kier alpha value is -3.02. The quantitative estimate of drug-likeness (QED) is 0.703. The number of rotatable bonds is 2. The lowest BCUT2D eigenvalue weighted by Crippen LogP contribution is -2.36. The number of pyridine rings is 1. The lowest BCUT2D eigenvalue weighted by Gasteiger charge is -2.31. The van der Waals surface area contributed by atoms with Crippen LogP contribution < -0.4 is 10.5 Å². The summed E-state index contributed by atoms with van der Waals surface area (Å²) in [7, 11) is 1.69. The van der Waals surface area contributed by atoms with Crippen LogP contribution in [0, 0.1) is 5.41 Å². The van der Waals surface area contributed by atoms with Crippen LogP contribution in [0.2, 0.25) is 0 Å². The van der Waals surface area contributed by atoms with E-state index in [0.717, 1.165) is 18.7 Å². The molecule has 1 aromatic carbocycles. The first-order valence-corrected chi connectivity index (χ1v) is 9.08. The molecule has 0 atom stereocenters. The van der Waals surface area contributed by atoms with E-state index >= 15 is 0 Å². The molecular weight excluding hydrogens is 340 g/mol. The summed E-state index contributed by atoms with van der Waals surface area (Å²) in [5.41, 5.74) is 1.13. The zero-order valence-corrected chi connectivity index (χ0v) is 15.8. The molecule has 1 aliphatic heterocycles. The Morgan fingerprint density at radius 2 is 2.04 bits per heavy atom. The zero-order valence-electron chi connectivity index (χ0n) is 15.8. The Balaban J connectivity index is 1.75. The van der Waals surface area contributed by atoms with E-state index in [1.54, 1.807) is 48.1 Å². The summed E-state index contributed by atoms with van der Waals surface area (Å²) in [5, 5.41) is 0.550. The number of hydrogen-bond donors (Lipinski definition) is 0. The Morgan fingerprint density at radius 3 is 2.78 bits per heavy atom. The van der Waals surface area contributed by atoms with Crippen LogP contribution in [0.5, 0.6) is 0 Å². The fourth-order valence-corrected chi connectivity index (χ4v) is 3.56. The first-order chi connectivity index (χ1) is 12.9. The van der Waals surface area contributed by atoms with Crippen molar-refractivity contribution in [3.05, 3.63) is 64.3 Å². The molecule has 0 spiro atoms. The number of carbonyl (C=O) groups excluding carboxylic acids is 1. The lowest BCUT2D eigenvalue weighted by molar-refractivity contribution is 0.0992. The largest absolute Gasteiger partial charge is 0.296 e. The molecule has 3 heterocycles. The molecule has 0 aliphatic carbocycles. The highest BCUT2D eigenvalue weighted by Gasteiger charge is 2.27. The number of anilines is 1. The molecule has 1 aliphatic rings. The van der Waals surface area contributed by atoms with Gasteiger partial charge in [-0.3, -0.25) is 19.1 Å². The minimum absolute atomic E-state index is 0.0279. The second-order valence-corrected chi connectivity index (χ2v) is 7.87. The van der Waals surface area contributed by atoms with E-state index in [4.69, 9.17) is 4.98 Å². The van der Waals surface area contributed by atoms with Crippen molar-refractivity contribution in [3.8, 4) is 0 Å². The Kier molecular flexibility index (Phi) is 4.06. The van der Waals surface area contributed by atoms with Crippen molar-refractivity contribution in [1.82, 2.24) is 14.5 Å². The molecule has 0 bridgehead atoms. The van der Waals surface area contributed by atoms with Crippen molar-refractivity contribution in [2.24, 2.45) is 5.41 Å². The average molecular weight is 362 g/mol. The summed E-state index contributed by atoms with van der Waals surface area (Å²) in [5.74, 6) is 1.19. The van der Waals surface area contributed by atoms with Gasteiger partial charge in [0.15, 0.2) is 0 Å². The summed E-state index contributed by atoms with van der Waals surface area (Å²) in [4.78, 5) is 36.1. The van der Waals surface area contributed by atoms with Crippen molar-refractivity contribution in [1.29, 1.82) is 0 Å². The molecule has 0 unspecified atom stereocenters. The normalized spacial score (nSPS) is 15.4. The van der Waals surface area contributed by atoms with E-state index in [1.807, 2.05) is 6.07 Å². The van der Waals surface area contributed by atoms with E-state index in [-0.39, 0.29) is 16.9 Å². The number of aromatic nitrogens is 3. The van der Waals surface area contributed by atoms with Crippen molar-refractivity contribution < 1.29 is 4.79 Å². The van der Waals surface area contributed by atoms with Gasteiger partial charge in [0, 0.05) is 31.8 Å². The van der Waals surface area contributed by atoms with E-state index < -0.39 is 0 Å². The molecule has 3 aromatic rings. The number of fused-ring (bicyclic) bond motifs is 2. The molecule has 6 heteroatoms. The standard InChI is InChI=1S/C21H22N4O2/c1-21(2)10-9-18-23-16-12-14(7-8-15(16)20(27)25(18)13-21)19(26)24(3)17-6-4-5-11-22-17/h4-8,11-12H,9-10,13H2,1-3H3. The predicted molar refractivity (Wildman–Crippen MR) is 105 cm³/mol. The van der Waals surface area contributed by atoms with Gasteiger partial charge in [-0.2, -0.15) is 0 Å². The number of carbonyl (C=O) groups is 1. The third-order valence-electron chi connectivity index (χ3n) is 5.19. The van der Waals surface area contributed by atoms with Gasteiger partial charge in [0.1, 0.15) is 11.6 Å². The van der Waals surface area contributed by atoms with Gasteiger partial charge in [0.05, 0.1) is 10.9 Å². The third-order valence-corrected chi connectivity index (χ3v) is 5.19. The van der Waals surface area contributed by atoms with E-state index in [2.05, 4.69) is 18.8 Å². The number of hydrogen-bond acceptors (Lipinski definition) is 4. The monoisotopic (exact) mass is 362 g/mol. The van der Waals surface area contributed by atoms with Crippen molar-refractivity contribution in [2.75, 3.05) is 11.9 Å². The molecule has 1 amide bonds. The van der Waals surface area contributed by atoms with Gasteiger partial charge >= 0.3 is 0 Å². The van der Waals surface area contributed by atoms with Gasteiger partial charge in [0.25, 0.3) is 11.5 Å². The molecule has 0 radical (unpaired) electrons. The topological polar surface area (TPSA) is 68.1 Å². The first kappa shape index (κ1) is 17.4. The van der Waals surface area contributed by atoms with Gasteiger partial charge in [-0.1, -0.05) is 19.9 Å².